The van der Waals surface area contributed by atoms with Crippen LogP contribution in [0, 0.1) is 0 Å². The second-order valence-electron chi connectivity index (χ2n) is 9.28. The summed E-state index contributed by atoms with van der Waals surface area (Å²) in [5.74, 6) is 1.54. The Labute approximate surface area is 217 Å². The second kappa shape index (κ2) is 11.1. The van der Waals surface area contributed by atoms with Gasteiger partial charge in [-0.1, -0.05) is 0 Å². The number of hydrogen-bond acceptors (Lipinski definition) is 9. The van der Waals surface area contributed by atoms with Crippen LogP contribution in [0.2, 0.25) is 0 Å². The average molecular weight is 531 g/mol. The summed E-state index contributed by atoms with van der Waals surface area (Å²) in [4.78, 5) is 14.2. The smallest absolute Gasteiger partial charge is 0.240 e. The van der Waals surface area contributed by atoms with Gasteiger partial charge in [0.15, 0.2) is 5.13 Å². The number of thiazole rings is 1. The molecule has 0 unspecified atom stereocenters. The predicted molar refractivity (Wildman–Crippen MR) is 146 cm³/mol. The molecule has 1 aromatic carbocycles. The first-order chi connectivity index (χ1) is 17.2. The summed E-state index contributed by atoms with van der Waals surface area (Å²) in [6, 6.07) is 9.47. The van der Waals surface area contributed by atoms with Crippen molar-refractivity contribution < 1.29 is 13.2 Å². The third-order valence-electron chi connectivity index (χ3n) is 6.20. The Morgan fingerprint density at radius 3 is 2.53 bits per heavy atom. The first-order valence-corrected chi connectivity index (χ1v) is 14.4. The van der Waals surface area contributed by atoms with E-state index in [4.69, 9.17) is 14.7 Å². The van der Waals surface area contributed by atoms with Gasteiger partial charge in [0.1, 0.15) is 11.6 Å². The Kier molecular flexibility index (Phi) is 8.13. The number of pyridine rings is 1. The third-order valence-corrected chi connectivity index (χ3v) is 8.37. The molecule has 4 rings (SSSR count). The van der Waals surface area contributed by atoms with Gasteiger partial charge in [-0.2, -0.15) is 0 Å². The number of anilines is 3. The van der Waals surface area contributed by atoms with Gasteiger partial charge in [0.25, 0.3) is 0 Å². The van der Waals surface area contributed by atoms with Crippen LogP contribution < -0.4 is 19.7 Å². The maximum atomic E-state index is 12.3. The van der Waals surface area contributed by atoms with Gasteiger partial charge in [-0.3, -0.25) is 0 Å². The molecule has 9 nitrogen and oxygen atoms in total. The van der Waals surface area contributed by atoms with Gasteiger partial charge in [-0.15, -0.1) is 11.3 Å². The zero-order chi connectivity index (χ0) is 25.9. The fourth-order valence-electron chi connectivity index (χ4n) is 4.16. The highest BCUT2D eigenvalue weighted by Crippen LogP contribution is 2.34. The lowest BCUT2D eigenvalue weighted by molar-refractivity contribution is 0.243. The molecule has 1 fully saturated rings. The van der Waals surface area contributed by atoms with Crippen molar-refractivity contribution in [1.82, 2.24) is 19.6 Å². The Morgan fingerprint density at radius 1 is 1.17 bits per heavy atom. The van der Waals surface area contributed by atoms with Crippen LogP contribution in [0.1, 0.15) is 26.7 Å². The van der Waals surface area contributed by atoms with E-state index in [-0.39, 0.29) is 11.0 Å². The van der Waals surface area contributed by atoms with Crippen LogP contribution in [0.25, 0.3) is 11.3 Å². The maximum Gasteiger partial charge on any atom is 0.240 e. The third kappa shape index (κ3) is 6.15. The van der Waals surface area contributed by atoms with E-state index in [9.17, 15) is 8.42 Å². The van der Waals surface area contributed by atoms with Gasteiger partial charge >= 0.3 is 0 Å². The number of benzene rings is 1. The fraction of sp³-hybridized carbons (Fsp3) is 0.440. The van der Waals surface area contributed by atoms with Crippen LogP contribution in [0.3, 0.4) is 0 Å². The highest BCUT2D eigenvalue weighted by atomic mass is 32.2. The number of nitrogens with zero attached hydrogens (tertiary/aromatic N) is 4. The van der Waals surface area contributed by atoms with Crippen LogP contribution in [0.15, 0.2) is 46.8 Å². The summed E-state index contributed by atoms with van der Waals surface area (Å²) in [5.41, 5.74) is 2.27. The van der Waals surface area contributed by atoms with E-state index in [2.05, 4.69) is 40.0 Å². The largest absolute Gasteiger partial charge is 0.489 e. The number of piperidine rings is 1. The van der Waals surface area contributed by atoms with E-state index in [0.29, 0.717) is 22.6 Å². The number of rotatable bonds is 9. The number of nitrogens with one attached hydrogen (secondary N) is 2. The molecule has 0 atom stereocenters. The van der Waals surface area contributed by atoms with Crippen LogP contribution in [-0.2, 0) is 10.0 Å². The lowest BCUT2D eigenvalue weighted by Crippen LogP contribution is -2.42. The molecular weight excluding hydrogens is 496 g/mol. The zero-order valence-electron chi connectivity index (χ0n) is 21.4. The lowest BCUT2D eigenvalue weighted by atomic mass is 10.0. The molecule has 194 valence electrons. The fourth-order valence-corrected chi connectivity index (χ4v) is 5.65. The molecule has 1 saturated heterocycles. The van der Waals surface area contributed by atoms with Crippen molar-refractivity contribution in [3.63, 3.8) is 0 Å². The number of hydrogen-bond donors (Lipinski definition) is 2. The summed E-state index contributed by atoms with van der Waals surface area (Å²) in [6.07, 6.45) is 4.07. The normalized spacial score (nSPS) is 15.0. The monoisotopic (exact) mass is 530 g/mol. The predicted octanol–water partition coefficient (Wildman–Crippen LogP) is 4.17. The molecule has 11 heteroatoms. The molecule has 1 aliphatic rings. The van der Waals surface area contributed by atoms with Gasteiger partial charge in [0.2, 0.25) is 10.0 Å². The maximum absolute atomic E-state index is 12.3. The summed E-state index contributed by atoms with van der Waals surface area (Å²) >= 11 is 1.44. The molecule has 0 aliphatic carbocycles. The standard InChI is InChI=1S/C25H34N6O3S2/c1-17(2)34-23-8-7-20(36(32,33)26-3)14-21(23)28-25-29-22(16-35-25)18-6-9-24(27-15-18)31-12-10-19(11-13-31)30(4)5/h6-9,14-17,19,26H,10-13H2,1-5H3,(H,28,29). The molecule has 36 heavy (non-hydrogen) atoms. The minimum absolute atomic E-state index is 0.0672. The molecule has 0 saturated carbocycles. The SMILES string of the molecule is CNS(=O)(=O)c1ccc(OC(C)C)c(Nc2nc(-c3ccc(N4CCC(N(C)C)CC4)nc3)cs2)c1. The highest BCUT2D eigenvalue weighted by molar-refractivity contribution is 7.89. The Hall–Kier alpha value is -2.73. The zero-order valence-corrected chi connectivity index (χ0v) is 23.0. The molecule has 0 spiro atoms. The average Bonchev–Trinajstić information content (AvgIpc) is 3.33. The van der Waals surface area contributed by atoms with Crippen molar-refractivity contribution in [3.8, 4) is 17.0 Å². The molecule has 3 aromatic rings. The van der Waals surface area contributed by atoms with Gasteiger partial charge in [-0.05, 0) is 78.2 Å². The van der Waals surface area contributed by atoms with E-state index in [0.717, 1.165) is 43.0 Å². The van der Waals surface area contributed by atoms with Crippen LogP contribution in [0.4, 0.5) is 16.6 Å². The second-order valence-corrected chi connectivity index (χ2v) is 12.0. The van der Waals surface area contributed by atoms with Gasteiger partial charge in [-0.25, -0.2) is 23.1 Å². The molecule has 0 bridgehead atoms. The van der Waals surface area contributed by atoms with Gasteiger partial charge in [0, 0.05) is 36.3 Å². The first kappa shape index (κ1) is 26.3. The minimum Gasteiger partial charge on any atom is -0.489 e. The Bertz CT molecular complexity index is 1270. The highest BCUT2D eigenvalue weighted by Gasteiger charge is 2.21. The van der Waals surface area contributed by atoms with E-state index in [1.807, 2.05) is 31.5 Å². The van der Waals surface area contributed by atoms with Crippen molar-refractivity contribution in [3.05, 3.63) is 41.9 Å². The van der Waals surface area contributed by atoms with Crippen LogP contribution >= 0.6 is 11.3 Å². The summed E-state index contributed by atoms with van der Waals surface area (Å²) in [7, 11) is 2.08. The Balaban J connectivity index is 1.50. The van der Waals surface area contributed by atoms with E-state index in [1.165, 1.54) is 24.5 Å². The molecule has 0 amide bonds. The van der Waals surface area contributed by atoms with E-state index >= 15 is 0 Å². The molecular formula is C25H34N6O3S2. The molecule has 0 radical (unpaired) electrons. The van der Waals surface area contributed by atoms with Crippen LogP contribution in [-0.4, -0.2) is 69.7 Å². The van der Waals surface area contributed by atoms with Crippen molar-refractivity contribution in [2.45, 2.75) is 43.7 Å². The quantitative estimate of drug-likeness (QED) is 0.425. The van der Waals surface area contributed by atoms with E-state index < -0.39 is 10.0 Å². The molecule has 2 aromatic heterocycles. The lowest BCUT2D eigenvalue weighted by Gasteiger charge is -2.35. The molecule has 1 aliphatic heterocycles. The summed E-state index contributed by atoms with van der Waals surface area (Å²) < 4.78 is 32.9. The van der Waals surface area contributed by atoms with Gasteiger partial charge in [0.05, 0.1) is 22.4 Å². The summed E-state index contributed by atoms with van der Waals surface area (Å²) in [6.45, 7) is 5.85. The van der Waals surface area contributed by atoms with Crippen molar-refractivity contribution in [1.29, 1.82) is 0 Å². The van der Waals surface area contributed by atoms with Gasteiger partial charge < -0.3 is 19.9 Å². The van der Waals surface area contributed by atoms with Crippen molar-refractivity contribution >= 4 is 38.0 Å². The van der Waals surface area contributed by atoms with E-state index in [1.54, 1.807) is 12.1 Å². The molecule has 3 heterocycles. The number of aromatic nitrogens is 2. The summed E-state index contributed by atoms with van der Waals surface area (Å²) in [5, 5.41) is 5.83. The first-order valence-electron chi connectivity index (χ1n) is 12.0. The molecule has 2 N–H and O–H groups in total. The number of ether oxygens (including phenoxy) is 1. The number of sulfonamides is 1. The Morgan fingerprint density at radius 2 is 1.92 bits per heavy atom. The van der Waals surface area contributed by atoms with Crippen molar-refractivity contribution in [2.75, 3.05) is 44.4 Å². The minimum atomic E-state index is -3.59. The topological polar surface area (TPSA) is 99.7 Å². The van der Waals surface area contributed by atoms with Crippen LogP contribution in [0.5, 0.6) is 5.75 Å². The van der Waals surface area contributed by atoms with Crippen molar-refractivity contribution in [2.24, 2.45) is 0 Å².